The van der Waals surface area contributed by atoms with Gasteiger partial charge in [-0.25, -0.2) is 13.4 Å². The summed E-state index contributed by atoms with van der Waals surface area (Å²) in [5.41, 5.74) is 2.71. The summed E-state index contributed by atoms with van der Waals surface area (Å²) in [7, 11) is -1.66. The lowest BCUT2D eigenvalue weighted by Gasteiger charge is -2.22. The van der Waals surface area contributed by atoms with Crippen molar-refractivity contribution in [3.8, 4) is 5.75 Å². The van der Waals surface area contributed by atoms with Crippen molar-refractivity contribution in [3.63, 3.8) is 0 Å². The van der Waals surface area contributed by atoms with Gasteiger partial charge in [0, 0.05) is 25.6 Å². The van der Waals surface area contributed by atoms with E-state index < -0.39 is 10.0 Å². The highest BCUT2D eigenvalue weighted by Crippen LogP contribution is 2.28. The minimum Gasteiger partial charge on any atom is -0.497 e. The summed E-state index contributed by atoms with van der Waals surface area (Å²) < 4.78 is 31.1. The molecule has 30 heavy (non-hydrogen) atoms. The van der Waals surface area contributed by atoms with Gasteiger partial charge >= 0.3 is 0 Å². The Kier molecular flexibility index (Phi) is 7.20. The third kappa shape index (κ3) is 5.89. The van der Waals surface area contributed by atoms with Gasteiger partial charge in [-0.3, -0.25) is 4.72 Å². The molecule has 2 aromatic rings. The molecule has 2 aromatic carbocycles. The molecule has 0 spiro atoms. The minimum absolute atomic E-state index is 0.394. The van der Waals surface area contributed by atoms with Crippen LogP contribution in [0.15, 0.2) is 53.5 Å². The van der Waals surface area contributed by atoms with Crippen molar-refractivity contribution >= 4 is 21.7 Å². The van der Waals surface area contributed by atoms with Gasteiger partial charge in [-0.1, -0.05) is 30.3 Å². The normalized spacial score (nSPS) is 17.1. The first-order valence-electron chi connectivity index (χ1n) is 10.1. The number of likely N-dealkylation sites (tertiary alicyclic amines) is 1. The van der Waals surface area contributed by atoms with Gasteiger partial charge in [-0.2, -0.15) is 0 Å². The van der Waals surface area contributed by atoms with Gasteiger partial charge in [-0.05, 0) is 42.7 Å². The van der Waals surface area contributed by atoms with Crippen molar-refractivity contribution in [1.29, 1.82) is 0 Å². The van der Waals surface area contributed by atoms with Crippen LogP contribution in [0.4, 0.5) is 5.69 Å². The topological polar surface area (TPSA) is 83.0 Å². The predicted octanol–water partition coefficient (Wildman–Crippen LogP) is 3.02. The number of hydrogen-bond acceptors (Lipinski definition) is 4. The number of rotatable bonds is 7. The number of sulfonamides is 1. The summed E-state index contributed by atoms with van der Waals surface area (Å²) in [6.07, 6.45) is 2.21. The van der Waals surface area contributed by atoms with E-state index in [1.807, 2.05) is 37.3 Å². The molecule has 1 saturated heterocycles. The molecule has 2 N–H and O–H groups in total. The molecule has 1 fully saturated rings. The quantitative estimate of drug-likeness (QED) is 0.521. The molecular formula is C22H30N4O3S. The van der Waals surface area contributed by atoms with Gasteiger partial charge in [-0.15, -0.1) is 0 Å². The van der Waals surface area contributed by atoms with Crippen LogP contribution in [0.5, 0.6) is 5.75 Å². The monoisotopic (exact) mass is 430 g/mol. The van der Waals surface area contributed by atoms with Gasteiger partial charge in [0.1, 0.15) is 5.75 Å². The zero-order valence-electron chi connectivity index (χ0n) is 17.8. The Morgan fingerprint density at radius 3 is 2.60 bits per heavy atom. The van der Waals surface area contributed by atoms with Gasteiger partial charge in [0.15, 0.2) is 5.96 Å². The molecule has 3 rings (SSSR count). The number of hydrogen-bond donors (Lipinski definition) is 2. The van der Waals surface area contributed by atoms with Crippen molar-refractivity contribution < 1.29 is 13.2 Å². The third-order valence-corrected chi connectivity index (χ3v) is 5.71. The molecule has 1 heterocycles. The van der Waals surface area contributed by atoms with E-state index in [-0.39, 0.29) is 0 Å². The highest BCUT2D eigenvalue weighted by Gasteiger charge is 2.26. The molecule has 7 nitrogen and oxygen atoms in total. The maximum Gasteiger partial charge on any atom is 0.229 e. The molecule has 0 amide bonds. The Morgan fingerprint density at radius 2 is 1.93 bits per heavy atom. The van der Waals surface area contributed by atoms with Crippen molar-refractivity contribution in [3.05, 3.63) is 59.7 Å². The number of nitrogens with zero attached hydrogens (tertiary/aromatic N) is 2. The van der Waals surface area contributed by atoms with Crippen LogP contribution in [0, 0.1) is 0 Å². The average Bonchev–Trinajstić information content (AvgIpc) is 3.21. The number of aliphatic imine (C=N–C) groups is 1. The van der Waals surface area contributed by atoms with Crippen LogP contribution in [0.2, 0.25) is 0 Å². The first-order chi connectivity index (χ1) is 14.4. The standard InChI is InChI=1S/C22H30N4O3S/c1-4-23-22(24-15-18-7-5-6-8-21(18)25-30(3,27)28)26-14-13-19(16-26)17-9-11-20(29-2)12-10-17/h5-12,19,25H,4,13-16H2,1-3H3,(H,23,24). The number of nitrogens with one attached hydrogen (secondary N) is 2. The summed E-state index contributed by atoms with van der Waals surface area (Å²) in [6, 6.07) is 15.6. The fourth-order valence-electron chi connectivity index (χ4n) is 3.64. The smallest absolute Gasteiger partial charge is 0.229 e. The average molecular weight is 431 g/mol. The maximum atomic E-state index is 11.6. The van der Waals surface area contributed by atoms with Crippen LogP contribution in [0.3, 0.4) is 0 Å². The molecule has 1 aliphatic rings. The SMILES string of the molecule is CCNC(=NCc1ccccc1NS(C)(=O)=O)N1CCC(c2ccc(OC)cc2)C1. The van der Waals surface area contributed by atoms with Crippen molar-refractivity contribution in [2.24, 2.45) is 4.99 Å². The Labute approximate surface area is 179 Å². The first-order valence-corrected chi connectivity index (χ1v) is 12.0. The summed E-state index contributed by atoms with van der Waals surface area (Å²) >= 11 is 0. The van der Waals surface area contributed by atoms with E-state index in [4.69, 9.17) is 9.73 Å². The second-order valence-electron chi connectivity index (χ2n) is 7.41. The molecule has 0 radical (unpaired) electrons. The lowest BCUT2D eigenvalue weighted by atomic mass is 9.98. The maximum absolute atomic E-state index is 11.6. The van der Waals surface area contributed by atoms with E-state index in [0.29, 0.717) is 18.2 Å². The highest BCUT2D eigenvalue weighted by molar-refractivity contribution is 7.92. The van der Waals surface area contributed by atoms with Crippen LogP contribution in [0.1, 0.15) is 30.4 Å². The minimum atomic E-state index is -3.34. The van der Waals surface area contributed by atoms with E-state index in [0.717, 1.165) is 49.6 Å². The first kappa shape index (κ1) is 22.0. The van der Waals surface area contributed by atoms with Crippen LogP contribution in [-0.4, -0.2) is 52.3 Å². The zero-order valence-corrected chi connectivity index (χ0v) is 18.6. The molecule has 8 heteroatoms. The third-order valence-electron chi connectivity index (χ3n) is 5.12. The summed E-state index contributed by atoms with van der Waals surface area (Å²) in [5.74, 6) is 2.16. The van der Waals surface area contributed by atoms with E-state index >= 15 is 0 Å². The second kappa shape index (κ2) is 9.84. The van der Waals surface area contributed by atoms with E-state index in [9.17, 15) is 8.42 Å². The lowest BCUT2D eigenvalue weighted by molar-refractivity contribution is 0.414. The van der Waals surface area contributed by atoms with Crippen LogP contribution >= 0.6 is 0 Å². The molecule has 0 saturated carbocycles. The number of benzene rings is 2. The molecule has 1 aliphatic heterocycles. The van der Waals surface area contributed by atoms with E-state index in [1.165, 1.54) is 5.56 Å². The molecule has 1 unspecified atom stereocenters. The number of guanidine groups is 1. The van der Waals surface area contributed by atoms with Crippen molar-refractivity contribution in [2.75, 3.05) is 37.7 Å². The lowest BCUT2D eigenvalue weighted by Crippen LogP contribution is -2.40. The Hall–Kier alpha value is -2.74. The largest absolute Gasteiger partial charge is 0.497 e. The van der Waals surface area contributed by atoms with Crippen molar-refractivity contribution in [2.45, 2.75) is 25.8 Å². The van der Waals surface area contributed by atoms with E-state index in [2.05, 4.69) is 27.1 Å². The van der Waals surface area contributed by atoms with Crippen LogP contribution < -0.4 is 14.8 Å². The number of methoxy groups -OCH3 is 1. The molecule has 0 aliphatic carbocycles. The number of anilines is 1. The predicted molar refractivity (Wildman–Crippen MR) is 122 cm³/mol. The molecule has 0 aromatic heterocycles. The van der Waals surface area contributed by atoms with Crippen molar-refractivity contribution in [1.82, 2.24) is 10.2 Å². The summed E-state index contributed by atoms with van der Waals surface area (Å²) in [4.78, 5) is 7.06. The Balaban J connectivity index is 1.72. The van der Waals surface area contributed by atoms with Crippen LogP contribution in [-0.2, 0) is 16.6 Å². The second-order valence-corrected chi connectivity index (χ2v) is 9.15. The number of ether oxygens (including phenoxy) is 1. The summed E-state index contributed by atoms with van der Waals surface area (Å²) in [6.45, 7) is 5.02. The van der Waals surface area contributed by atoms with Gasteiger partial charge < -0.3 is 15.0 Å². The van der Waals surface area contributed by atoms with E-state index in [1.54, 1.807) is 13.2 Å². The molecule has 162 valence electrons. The highest BCUT2D eigenvalue weighted by atomic mass is 32.2. The fraction of sp³-hybridized carbons (Fsp3) is 0.409. The zero-order chi connectivity index (χ0) is 21.6. The summed E-state index contributed by atoms with van der Waals surface area (Å²) in [5, 5.41) is 3.37. The van der Waals surface area contributed by atoms with Gasteiger partial charge in [0.05, 0.1) is 25.6 Å². The molecule has 1 atom stereocenters. The molecule has 0 bridgehead atoms. The van der Waals surface area contributed by atoms with Crippen LogP contribution in [0.25, 0.3) is 0 Å². The van der Waals surface area contributed by atoms with Gasteiger partial charge in [0.25, 0.3) is 0 Å². The molecular weight excluding hydrogens is 400 g/mol. The Bertz CT molecular complexity index is 974. The number of para-hydroxylation sites is 1. The fourth-order valence-corrected chi connectivity index (χ4v) is 4.24. The Morgan fingerprint density at radius 1 is 1.20 bits per heavy atom. The van der Waals surface area contributed by atoms with Gasteiger partial charge in [0.2, 0.25) is 10.0 Å².